The minimum atomic E-state index is -0.661. The summed E-state index contributed by atoms with van der Waals surface area (Å²) in [5.74, 6) is -0.648. The first kappa shape index (κ1) is 47.7. The van der Waals surface area contributed by atoms with E-state index >= 15 is 0 Å². The maximum Gasteiger partial charge on any atom is 0.305 e. The van der Waals surface area contributed by atoms with Gasteiger partial charge in [0.1, 0.15) is 0 Å². The molecule has 0 spiro atoms. The molecule has 0 aromatic carbocycles. The highest BCUT2D eigenvalue weighted by Crippen LogP contribution is 2.16. The van der Waals surface area contributed by atoms with Crippen molar-refractivity contribution in [2.75, 3.05) is 6.61 Å². The Hall–Kier alpha value is -1.32. The van der Waals surface area contributed by atoms with Crippen LogP contribution in [0.2, 0.25) is 0 Å². The summed E-state index contributed by atoms with van der Waals surface area (Å²) in [5.41, 5.74) is 0. The van der Waals surface area contributed by atoms with Gasteiger partial charge in [-0.2, -0.15) is 0 Å². The minimum Gasteiger partial charge on any atom is -0.481 e. The Morgan fingerprint density at radius 1 is 0.388 bits per heavy atom. The molecule has 0 atom stereocenters. The molecule has 0 saturated heterocycles. The van der Waals surface area contributed by atoms with Crippen molar-refractivity contribution in [2.45, 2.75) is 257 Å². The van der Waals surface area contributed by atoms with E-state index in [0.717, 1.165) is 25.7 Å². The van der Waals surface area contributed by atoms with Crippen molar-refractivity contribution in [3.8, 4) is 0 Å². The lowest BCUT2D eigenvalue weighted by Crippen LogP contribution is -2.05. The summed E-state index contributed by atoms with van der Waals surface area (Å²) in [5, 5.41) is 8.65. The lowest BCUT2D eigenvalue weighted by molar-refractivity contribution is -0.144. The van der Waals surface area contributed by atoms with E-state index in [-0.39, 0.29) is 5.97 Å². The Balaban J connectivity index is 3.18. The maximum absolute atomic E-state index is 12.0. The van der Waals surface area contributed by atoms with Crippen LogP contribution in [0.5, 0.6) is 0 Å². The summed E-state index contributed by atoms with van der Waals surface area (Å²) in [4.78, 5) is 22.5. The molecule has 0 rings (SSSR count). The molecule has 0 radical (unpaired) electrons. The highest BCUT2D eigenvalue weighted by Gasteiger charge is 2.03. The number of aliphatic carboxylic acids is 1. The predicted octanol–water partition coefficient (Wildman–Crippen LogP) is 15.4. The lowest BCUT2D eigenvalue weighted by atomic mass is 10.0. The molecule has 0 amide bonds. The SMILES string of the molecule is CCCCCCCCC=CCCCCCCCCCCCCCC(=O)OCCCCCCCCCCCCCCCCCCCCC(=O)O. The maximum atomic E-state index is 12.0. The zero-order valence-corrected chi connectivity index (χ0v) is 33.1. The van der Waals surface area contributed by atoms with Gasteiger partial charge < -0.3 is 9.84 Å². The summed E-state index contributed by atoms with van der Waals surface area (Å²) in [7, 11) is 0. The van der Waals surface area contributed by atoms with Crippen molar-refractivity contribution in [3.05, 3.63) is 12.2 Å². The zero-order valence-electron chi connectivity index (χ0n) is 33.1. The average molecular weight is 691 g/mol. The fraction of sp³-hybridized carbons (Fsp3) is 0.911. The summed E-state index contributed by atoms with van der Waals surface area (Å²) >= 11 is 0. The van der Waals surface area contributed by atoms with Gasteiger partial charge in [-0.25, -0.2) is 0 Å². The van der Waals surface area contributed by atoms with Gasteiger partial charge in [0.25, 0.3) is 0 Å². The smallest absolute Gasteiger partial charge is 0.305 e. The lowest BCUT2D eigenvalue weighted by Gasteiger charge is -2.06. The first-order valence-electron chi connectivity index (χ1n) is 22.2. The standard InChI is InChI=1S/C45H86O4/c1-2-3-4-5-6-7-8-9-10-11-12-13-14-18-21-24-27-30-33-36-39-42-45(48)49-43-40-37-34-31-28-25-22-19-16-15-17-20-23-26-29-32-35-38-41-44(46)47/h9-10H,2-8,11-43H2,1H3,(H,46,47). The molecule has 4 nitrogen and oxygen atoms in total. The molecule has 49 heavy (non-hydrogen) atoms. The van der Waals surface area contributed by atoms with Crippen LogP contribution in [0.3, 0.4) is 0 Å². The number of carboxylic acid groups (broad SMARTS) is 1. The van der Waals surface area contributed by atoms with E-state index < -0.39 is 5.97 Å². The molecule has 0 aromatic heterocycles. The van der Waals surface area contributed by atoms with Gasteiger partial charge in [-0.05, 0) is 44.9 Å². The van der Waals surface area contributed by atoms with Crippen LogP contribution in [0.4, 0.5) is 0 Å². The van der Waals surface area contributed by atoms with E-state index in [1.54, 1.807) is 0 Å². The second-order valence-electron chi connectivity index (χ2n) is 15.2. The molecular weight excluding hydrogens is 604 g/mol. The molecule has 0 aliphatic rings. The molecular formula is C45H86O4. The van der Waals surface area contributed by atoms with Gasteiger partial charge in [0.15, 0.2) is 0 Å². The van der Waals surface area contributed by atoms with E-state index in [9.17, 15) is 9.59 Å². The fourth-order valence-electron chi connectivity index (χ4n) is 6.87. The zero-order chi connectivity index (χ0) is 35.6. The number of hydrogen-bond acceptors (Lipinski definition) is 3. The fourth-order valence-corrected chi connectivity index (χ4v) is 6.87. The van der Waals surface area contributed by atoms with Crippen molar-refractivity contribution < 1.29 is 19.4 Å². The topological polar surface area (TPSA) is 63.6 Å². The third-order valence-electron chi connectivity index (χ3n) is 10.2. The Kier molecular flexibility index (Phi) is 41.7. The van der Waals surface area contributed by atoms with E-state index in [2.05, 4.69) is 19.1 Å². The van der Waals surface area contributed by atoms with Gasteiger partial charge in [0.2, 0.25) is 0 Å². The van der Waals surface area contributed by atoms with Gasteiger partial charge in [-0.1, -0.05) is 212 Å². The van der Waals surface area contributed by atoms with Crippen LogP contribution in [0.25, 0.3) is 0 Å². The third kappa shape index (κ3) is 44.7. The number of carbonyl (C=O) groups excluding carboxylic acids is 1. The monoisotopic (exact) mass is 691 g/mol. The molecule has 0 heterocycles. The minimum absolute atomic E-state index is 0.0123. The molecule has 1 N–H and O–H groups in total. The Morgan fingerprint density at radius 2 is 0.673 bits per heavy atom. The Labute approximate surface area is 306 Å². The van der Waals surface area contributed by atoms with Crippen LogP contribution in [-0.4, -0.2) is 23.7 Å². The van der Waals surface area contributed by atoms with Gasteiger partial charge in [-0.15, -0.1) is 0 Å². The van der Waals surface area contributed by atoms with Crippen LogP contribution in [0.1, 0.15) is 257 Å². The molecule has 0 bridgehead atoms. The molecule has 0 aromatic rings. The van der Waals surface area contributed by atoms with E-state index in [4.69, 9.17) is 9.84 Å². The largest absolute Gasteiger partial charge is 0.481 e. The highest BCUT2D eigenvalue weighted by atomic mass is 16.5. The van der Waals surface area contributed by atoms with Crippen LogP contribution in [0.15, 0.2) is 12.2 Å². The highest BCUT2D eigenvalue weighted by molar-refractivity contribution is 5.69. The third-order valence-corrected chi connectivity index (χ3v) is 10.2. The normalized spacial score (nSPS) is 11.5. The van der Waals surface area contributed by atoms with Crippen molar-refractivity contribution >= 4 is 11.9 Å². The molecule has 0 aliphatic heterocycles. The first-order chi connectivity index (χ1) is 24.2. The summed E-state index contributed by atoms with van der Waals surface area (Å²) in [6.07, 6.45) is 54.0. The average Bonchev–Trinajstić information content (AvgIpc) is 3.09. The first-order valence-corrected chi connectivity index (χ1v) is 22.2. The predicted molar refractivity (Wildman–Crippen MR) is 213 cm³/mol. The van der Waals surface area contributed by atoms with Crippen molar-refractivity contribution in [3.63, 3.8) is 0 Å². The van der Waals surface area contributed by atoms with Crippen LogP contribution >= 0.6 is 0 Å². The van der Waals surface area contributed by atoms with Gasteiger partial charge in [-0.3, -0.25) is 9.59 Å². The van der Waals surface area contributed by atoms with Crippen molar-refractivity contribution in [1.82, 2.24) is 0 Å². The summed E-state index contributed by atoms with van der Waals surface area (Å²) in [6.45, 7) is 2.90. The molecule has 290 valence electrons. The van der Waals surface area contributed by atoms with Crippen LogP contribution in [0, 0.1) is 0 Å². The van der Waals surface area contributed by atoms with E-state index in [1.807, 2.05) is 0 Å². The van der Waals surface area contributed by atoms with Crippen molar-refractivity contribution in [2.24, 2.45) is 0 Å². The molecule has 0 saturated carbocycles. The number of unbranched alkanes of at least 4 members (excludes halogenated alkanes) is 34. The van der Waals surface area contributed by atoms with Gasteiger partial charge in [0, 0.05) is 12.8 Å². The quantitative estimate of drug-likeness (QED) is 0.0393. The molecule has 0 unspecified atom stereocenters. The van der Waals surface area contributed by atoms with Crippen LogP contribution < -0.4 is 0 Å². The molecule has 0 fully saturated rings. The number of carboxylic acids is 1. The molecule has 4 heteroatoms. The Bertz CT molecular complexity index is 688. The number of rotatable bonds is 42. The second kappa shape index (κ2) is 42.8. The number of carbonyl (C=O) groups is 2. The van der Waals surface area contributed by atoms with E-state index in [1.165, 1.54) is 212 Å². The van der Waals surface area contributed by atoms with Gasteiger partial charge in [0.05, 0.1) is 6.61 Å². The van der Waals surface area contributed by atoms with Crippen molar-refractivity contribution in [1.29, 1.82) is 0 Å². The second-order valence-corrected chi connectivity index (χ2v) is 15.2. The number of allylic oxidation sites excluding steroid dienone is 2. The number of hydrogen-bond donors (Lipinski definition) is 1. The van der Waals surface area contributed by atoms with E-state index in [0.29, 0.717) is 19.4 Å². The summed E-state index contributed by atoms with van der Waals surface area (Å²) < 4.78 is 5.47. The number of ether oxygens (including phenoxy) is 1. The van der Waals surface area contributed by atoms with Crippen LogP contribution in [-0.2, 0) is 14.3 Å². The number of esters is 1. The summed E-state index contributed by atoms with van der Waals surface area (Å²) in [6, 6.07) is 0. The molecule has 0 aliphatic carbocycles. The van der Waals surface area contributed by atoms with Gasteiger partial charge >= 0.3 is 11.9 Å². The Morgan fingerprint density at radius 3 is 1.02 bits per heavy atom.